The van der Waals surface area contributed by atoms with Crippen molar-refractivity contribution in [1.82, 2.24) is 15.5 Å². The van der Waals surface area contributed by atoms with E-state index >= 15 is 0 Å². The third-order valence-electron chi connectivity index (χ3n) is 4.98. The third-order valence-corrected chi connectivity index (χ3v) is 4.98. The molecule has 4 rings (SSSR count). The first-order valence-corrected chi connectivity index (χ1v) is 7.70. The summed E-state index contributed by atoms with van der Waals surface area (Å²) in [6.45, 7) is 1.98. The summed E-state index contributed by atoms with van der Waals surface area (Å²) in [5.41, 5.74) is -0.125. The second kappa shape index (κ2) is 5.06. The summed E-state index contributed by atoms with van der Waals surface area (Å²) in [4.78, 5) is 4.35. The van der Waals surface area contributed by atoms with Gasteiger partial charge in [0.25, 0.3) is 0 Å². The lowest BCUT2D eigenvalue weighted by atomic mass is 9.92. The zero-order valence-corrected chi connectivity index (χ0v) is 12.4. The van der Waals surface area contributed by atoms with Crippen LogP contribution in [0, 0.1) is 5.41 Å². The molecule has 1 N–H and O–H groups in total. The van der Waals surface area contributed by atoms with E-state index in [1.807, 2.05) is 0 Å². The average molecular weight is 323 g/mol. The fourth-order valence-corrected chi connectivity index (χ4v) is 3.50. The summed E-state index contributed by atoms with van der Waals surface area (Å²) in [7, 11) is 0. The van der Waals surface area contributed by atoms with Crippen LogP contribution in [0.3, 0.4) is 0 Å². The molecule has 0 radical (unpaired) electrons. The molecule has 2 aromatic rings. The normalized spacial score (nSPS) is 23.2. The highest BCUT2D eigenvalue weighted by Crippen LogP contribution is 2.63. The Morgan fingerprint density at radius 3 is 2.74 bits per heavy atom. The van der Waals surface area contributed by atoms with Crippen molar-refractivity contribution in [2.45, 2.75) is 31.4 Å². The first-order valence-electron chi connectivity index (χ1n) is 7.70. The van der Waals surface area contributed by atoms with Crippen molar-refractivity contribution in [3.63, 3.8) is 0 Å². The number of rotatable bonds is 2. The molecule has 4 nitrogen and oxygen atoms in total. The minimum Gasteiger partial charge on any atom is -0.339 e. The smallest absolute Gasteiger partial charge is 0.339 e. The van der Waals surface area contributed by atoms with Crippen LogP contribution in [0.1, 0.15) is 36.6 Å². The van der Waals surface area contributed by atoms with Gasteiger partial charge in [-0.3, -0.25) is 0 Å². The van der Waals surface area contributed by atoms with Gasteiger partial charge < -0.3 is 9.84 Å². The molecule has 0 bridgehead atoms. The molecule has 1 aliphatic heterocycles. The number of alkyl halides is 3. The van der Waals surface area contributed by atoms with Crippen molar-refractivity contribution in [1.29, 1.82) is 0 Å². The number of nitrogens with one attached hydrogen (secondary N) is 1. The van der Waals surface area contributed by atoms with Gasteiger partial charge in [-0.25, -0.2) is 0 Å². The van der Waals surface area contributed by atoms with Gasteiger partial charge in [0.15, 0.2) is 0 Å². The summed E-state index contributed by atoms with van der Waals surface area (Å²) < 4.78 is 43.7. The van der Waals surface area contributed by atoms with E-state index in [0.29, 0.717) is 11.5 Å². The average Bonchev–Trinajstić information content (AvgIpc) is 3.00. The molecule has 1 unspecified atom stereocenters. The fraction of sp³-hybridized carbons (Fsp3) is 0.500. The standard InChI is InChI=1S/C16H16F3N3O/c17-16(18,19)11-3-1-2-10(8-11)13-21-14(23-22-13)12-9-15(12)4-6-20-7-5-15/h1-3,8,12,20H,4-7,9H2. The van der Waals surface area contributed by atoms with Crippen LogP contribution >= 0.6 is 0 Å². The van der Waals surface area contributed by atoms with Crippen LogP contribution in [0.4, 0.5) is 13.2 Å². The zero-order valence-electron chi connectivity index (χ0n) is 12.4. The van der Waals surface area contributed by atoms with Crippen LogP contribution < -0.4 is 5.32 Å². The van der Waals surface area contributed by atoms with E-state index in [1.54, 1.807) is 6.07 Å². The largest absolute Gasteiger partial charge is 0.416 e. The van der Waals surface area contributed by atoms with Gasteiger partial charge in [0.05, 0.1) is 5.56 Å². The van der Waals surface area contributed by atoms with Gasteiger partial charge >= 0.3 is 6.18 Å². The number of aromatic nitrogens is 2. The van der Waals surface area contributed by atoms with Crippen molar-refractivity contribution in [2.24, 2.45) is 5.41 Å². The van der Waals surface area contributed by atoms with E-state index < -0.39 is 11.7 Å². The second-order valence-corrected chi connectivity index (χ2v) is 6.40. The highest BCUT2D eigenvalue weighted by Gasteiger charge is 2.57. The molecule has 122 valence electrons. The molecule has 7 heteroatoms. The summed E-state index contributed by atoms with van der Waals surface area (Å²) in [5, 5.41) is 7.21. The quantitative estimate of drug-likeness (QED) is 0.917. The van der Waals surface area contributed by atoms with Crippen LogP contribution in [-0.2, 0) is 6.18 Å². The molecule has 1 saturated heterocycles. The molecule has 2 aliphatic rings. The number of hydrogen-bond acceptors (Lipinski definition) is 4. The van der Waals surface area contributed by atoms with Gasteiger partial charge in [-0.2, -0.15) is 18.2 Å². The lowest BCUT2D eigenvalue weighted by molar-refractivity contribution is -0.137. The van der Waals surface area contributed by atoms with Gasteiger partial charge in [0, 0.05) is 11.5 Å². The Morgan fingerprint density at radius 2 is 2.00 bits per heavy atom. The first kappa shape index (κ1) is 14.7. The predicted molar refractivity (Wildman–Crippen MR) is 76.6 cm³/mol. The highest BCUT2D eigenvalue weighted by atomic mass is 19.4. The summed E-state index contributed by atoms with van der Waals surface area (Å²) >= 11 is 0. The maximum Gasteiger partial charge on any atom is 0.416 e. The Kier molecular flexibility index (Phi) is 3.23. The number of hydrogen-bond donors (Lipinski definition) is 1. The number of nitrogens with zero attached hydrogens (tertiary/aromatic N) is 2. The van der Waals surface area contributed by atoms with Crippen LogP contribution in [-0.4, -0.2) is 23.2 Å². The first-order chi connectivity index (χ1) is 11.0. The second-order valence-electron chi connectivity index (χ2n) is 6.40. The predicted octanol–water partition coefficient (Wildman–Crippen LogP) is 3.61. The van der Waals surface area contributed by atoms with Crippen LogP contribution in [0.15, 0.2) is 28.8 Å². The topological polar surface area (TPSA) is 51.0 Å². The van der Waals surface area contributed by atoms with Crippen molar-refractivity contribution < 1.29 is 17.7 Å². The van der Waals surface area contributed by atoms with Crippen LogP contribution in [0.2, 0.25) is 0 Å². The Bertz CT molecular complexity index is 719. The molecule has 2 heterocycles. The number of halogens is 3. The highest BCUT2D eigenvalue weighted by molar-refractivity contribution is 5.56. The van der Waals surface area contributed by atoms with E-state index in [-0.39, 0.29) is 17.2 Å². The summed E-state index contributed by atoms with van der Waals surface area (Å²) in [6.07, 6.45) is -1.19. The molecule has 1 saturated carbocycles. The Balaban J connectivity index is 1.57. The van der Waals surface area contributed by atoms with Crippen molar-refractivity contribution in [2.75, 3.05) is 13.1 Å². The molecule has 1 aromatic carbocycles. The SMILES string of the molecule is FC(F)(F)c1cccc(-c2noc(C3CC34CCNCC4)n2)c1. The van der Waals surface area contributed by atoms with Gasteiger partial charge in [-0.1, -0.05) is 17.3 Å². The lowest BCUT2D eigenvalue weighted by Gasteiger charge is -2.22. The molecule has 1 aromatic heterocycles. The molecule has 1 aliphatic carbocycles. The van der Waals surface area contributed by atoms with E-state index in [1.165, 1.54) is 6.07 Å². The minimum absolute atomic E-state index is 0.224. The molecule has 23 heavy (non-hydrogen) atoms. The van der Waals surface area contributed by atoms with Crippen LogP contribution in [0.5, 0.6) is 0 Å². The van der Waals surface area contributed by atoms with Gasteiger partial charge in [-0.15, -0.1) is 0 Å². The van der Waals surface area contributed by atoms with E-state index in [9.17, 15) is 13.2 Å². The molecule has 1 spiro atoms. The van der Waals surface area contributed by atoms with Gasteiger partial charge in [0.2, 0.25) is 11.7 Å². The van der Waals surface area contributed by atoms with Crippen LogP contribution in [0.25, 0.3) is 11.4 Å². The van der Waals surface area contributed by atoms with E-state index in [2.05, 4.69) is 15.5 Å². The third kappa shape index (κ3) is 2.63. The van der Waals surface area contributed by atoms with Crippen molar-refractivity contribution in [3.8, 4) is 11.4 Å². The lowest BCUT2D eigenvalue weighted by Crippen LogP contribution is -2.29. The molecular formula is C16H16F3N3O. The Hall–Kier alpha value is -1.89. The fourth-order valence-electron chi connectivity index (χ4n) is 3.50. The van der Waals surface area contributed by atoms with Gasteiger partial charge in [-0.05, 0) is 49.9 Å². The Labute approximate surface area is 131 Å². The van der Waals surface area contributed by atoms with E-state index in [0.717, 1.165) is 44.5 Å². The summed E-state index contributed by atoms with van der Waals surface area (Å²) in [5.74, 6) is 1.03. The summed E-state index contributed by atoms with van der Waals surface area (Å²) in [6, 6.07) is 5.02. The Morgan fingerprint density at radius 1 is 1.22 bits per heavy atom. The van der Waals surface area contributed by atoms with Crippen molar-refractivity contribution in [3.05, 3.63) is 35.7 Å². The molecular weight excluding hydrogens is 307 g/mol. The number of benzene rings is 1. The van der Waals surface area contributed by atoms with Crippen molar-refractivity contribution >= 4 is 0 Å². The monoisotopic (exact) mass is 323 g/mol. The molecule has 0 amide bonds. The zero-order chi connectivity index (χ0) is 16.1. The maximum absolute atomic E-state index is 12.8. The van der Waals surface area contributed by atoms with Gasteiger partial charge in [0.1, 0.15) is 0 Å². The molecule has 1 atom stereocenters. The molecule has 2 fully saturated rings. The minimum atomic E-state index is -4.38. The number of piperidine rings is 1. The maximum atomic E-state index is 12.8. The van der Waals surface area contributed by atoms with E-state index in [4.69, 9.17) is 4.52 Å².